The second kappa shape index (κ2) is 9.07. The van der Waals surface area contributed by atoms with Crippen molar-refractivity contribution in [2.75, 3.05) is 12.4 Å². The first-order chi connectivity index (χ1) is 15.6. The predicted molar refractivity (Wildman–Crippen MR) is 122 cm³/mol. The molecular formula is C23H26FN5O2S. The molecule has 3 aromatic rings. The van der Waals surface area contributed by atoms with Crippen LogP contribution in [-0.2, 0) is 11.2 Å². The maximum absolute atomic E-state index is 13.1. The Morgan fingerprint density at radius 2 is 2.03 bits per heavy atom. The summed E-state index contributed by atoms with van der Waals surface area (Å²) in [6, 6.07) is 3.31. The molecule has 0 bridgehead atoms. The van der Waals surface area contributed by atoms with Gasteiger partial charge in [-0.05, 0) is 69.2 Å². The summed E-state index contributed by atoms with van der Waals surface area (Å²) in [5.74, 6) is 0.515. The minimum absolute atomic E-state index is 0.0765. The van der Waals surface area contributed by atoms with E-state index in [1.54, 1.807) is 17.7 Å². The van der Waals surface area contributed by atoms with Gasteiger partial charge in [0.05, 0.1) is 11.6 Å². The summed E-state index contributed by atoms with van der Waals surface area (Å²) in [6.45, 7) is 0. The third kappa shape index (κ3) is 4.31. The van der Waals surface area contributed by atoms with E-state index < -0.39 is 5.82 Å². The molecule has 7 nitrogen and oxygen atoms in total. The van der Waals surface area contributed by atoms with Crippen molar-refractivity contribution in [2.45, 2.75) is 63.0 Å². The molecule has 32 heavy (non-hydrogen) atoms. The van der Waals surface area contributed by atoms with Gasteiger partial charge in [0.1, 0.15) is 28.9 Å². The summed E-state index contributed by atoms with van der Waals surface area (Å²) in [7, 11) is 2.01. The smallest absolute Gasteiger partial charge is 0.226 e. The van der Waals surface area contributed by atoms with Crippen molar-refractivity contribution in [3.05, 3.63) is 40.9 Å². The van der Waals surface area contributed by atoms with Crippen molar-refractivity contribution in [1.29, 1.82) is 0 Å². The normalized spacial score (nSPS) is 22.6. The lowest BCUT2D eigenvalue weighted by molar-refractivity contribution is -0.116. The molecule has 0 spiro atoms. The molecule has 1 amide bonds. The number of amides is 1. The first-order valence-corrected chi connectivity index (χ1v) is 11.9. The fourth-order valence-corrected chi connectivity index (χ4v) is 6.06. The Bertz CT molecular complexity index is 1110. The van der Waals surface area contributed by atoms with Gasteiger partial charge in [0, 0.05) is 17.3 Å². The first kappa shape index (κ1) is 21.2. The highest BCUT2D eigenvalue weighted by molar-refractivity contribution is 7.19. The summed E-state index contributed by atoms with van der Waals surface area (Å²) in [5, 5.41) is 7.10. The van der Waals surface area contributed by atoms with Gasteiger partial charge in [-0.2, -0.15) is 0 Å². The summed E-state index contributed by atoms with van der Waals surface area (Å²) in [6.07, 6.45) is 9.18. The van der Waals surface area contributed by atoms with Crippen LogP contribution in [0.3, 0.4) is 0 Å². The van der Waals surface area contributed by atoms with Crippen LogP contribution in [0.4, 0.5) is 10.2 Å². The lowest BCUT2D eigenvalue weighted by atomic mass is 9.93. The van der Waals surface area contributed by atoms with Crippen LogP contribution in [0.5, 0.6) is 5.88 Å². The zero-order valence-electron chi connectivity index (χ0n) is 17.9. The average molecular weight is 456 g/mol. The molecule has 0 unspecified atom stereocenters. The van der Waals surface area contributed by atoms with Crippen LogP contribution in [-0.4, -0.2) is 40.1 Å². The highest BCUT2D eigenvalue weighted by atomic mass is 32.1. The third-order valence-corrected chi connectivity index (χ3v) is 7.66. The van der Waals surface area contributed by atoms with Crippen molar-refractivity contribution in [3.63, 3.8) is 0 Å². The van der Waals surface area contributed by atoms with Gasteiger partial charge in [-0.3, -0.25) is 4.79 Å². The number of aryl methyl sites for hydroxylation is 1. The second-order valence-electron chi connectivity index (χ2n) is 8.53. The number of halogens is 1. The summed E-state index contributed by atoms with van der Waals surface area (Å²) >= 11 is 1.68. The monoisotopic (exact) mass is 455 g/mol. The number of hydrogen-bond acceptors (Lipinski definition) is 7. The standard InChI is InChI=1S/C23H26FN5O2S/c1-25-15-4-6-16(7-5-15)31-22-21-20-13(2-8-17(20)32-23(21)28-12-27-22)10-19(30)29-18-9-3-14(24)11-26-18/h3,9,11-13,15-16,25H,2,4-8,10H2,1H3,(H,26,29,30)/t13-,15?,16?/m1/s1. The molecule has 0 aromatic carbocycles. The van der Waals surface area contributed by atoms with Crippen LogP contribution < -0.4 is 15.4 Å². The molecule has 0 saturated heterocycles. The Balaban J connectivity index is 1.34. The molecule has 5 rings (SSSR count). The Hall–Kier alpha value is -2.65. The topological polar surface area (TPSA) is 89.0 Å². The third-order valence-electron chi connectivity index (χ3n) is 6.48. The van der Waals surface area contributed by atoms with Gasteiger partial charge >= 0.3 is 0 Å². The molecule has 1 fully saturated rings. The Morgan fingerprint density at radius 1 is 1.19 bits per heavy atom. The highest BCUT2D eigenvalue weighted by Gasteiger charge is 2.32. The van der Waals surface area contributed by atoms with Crippen molar-refractivity contribution in [3.8, 4) is 5.88 Å². The van der Waals surface area contributed by atoms with Gasteiger partial charge in [0.15, 0.2) is 0 Å². The number of rotatable bonds is 6. The van der Waals surface area contributed by atoms with E-state index in [1.807, 2.05) is 7.05 Å². The quantitative estimate of drug-likeness (QED) is 0.579. The molecular weight excluding hydrogens is 429 g/mol. The van der Waals surface area contributed by atoms with E-state index >= 15 is 0 Å². The molecule has 3 heterocycles. The number of anilines is 1. The number of carbonyl (C=O) groups is 1. The second-order valence-corrected chi connectivity index (χ2v) is 9.61. The first-order valence-electron chi connectivity index (χ1n) is 11.1. The van der Waals surface area contributed by atoms with Crippen LogP contribution in [0, 0.1) is 5.82 Å². The van der Waals surface area contributed by atoms with E-state index in [-0.39, 0.29) is 17.9 Å². The fraction of sp³-hybridized carbons (Fsp3) is 0.478. The molecule has 3 aromatic heterocycles. The van der Waals surface area contributed by atoms with Crippen LogP contribution >= 0.6 is 11.3 Å². The van der Waals surface area contributed by atoms with E-state index in [4.69, 9.17) is 4.74 Å². The van der Waals surface area contributed by atoms with Crippen LogP contribution in [0.2, 0.25) is 0 Å². The Labute approximate surface area is 189 Å². The largest absolute Gasteiger partial charge is 0.474 e. The van der Waals surface area contributed by atoms with E-state index in [2.05, 4.69) is 25.6 Å². The molecule has 0 aliphatic heterocycles. The van der Waals surface area contributed by atoms with Crippen LogP contribution in [0.25, 0.3) is 10.2 Å². The highest BCUT2D eigenvalue weighted by Crippen LogP contribution is 2.47. The van der Waals surface area contributed by atoms with E-state index in [1.165, 1.54) is 17.0 Å². The Morgan fingerprint density at radius 3 is 2.78 bits per heavy atom. The van der Waals surface area contributed by atoms with Crippen LogP contribution in [0.1, 0.15) is 54.9 Å². The number of aromatic nitrogens is 3. The van der Waals surface area contributed by atoms with Crippen LogP contribution in [0.15, 0.2) is 24.7 Å². The van der Waals surface area contributed by atoms with E-state index in [9.17, 15) is 9.18 Å². The van der Waals surface area contributed by atoms with E-state index in [0.29, 0.717) is 24.2 Å². The minimum atomic E-state index is -0.430. The maximum atomic E-state index is 13.1. The van der Waals surface area contributed by atoms with Gasteiger partial charge in [-0.1, -0.05) is 0 Å². The molecule has 2 aliphatic rings. The van der Waals surface area contributed by atoms with Gasteiger partial charge < -0.3 is 15.4 Å². The zero-order valence-corrected chi connectivity index (χ0v) is 18.8. The summed E-state index contributed by atoms with van der Waals surface area (Å²) < 4.78 is 19.5. The van der Waals surface area contributed by atoms with Gasteiger partial charge in [-0.15, -0.1) is 11.3 Å². The lowest BCUT2D eigenvalue weighted by Crippen LogP contribution is -2.34. The van der Waals surface area contributed by atoms with Crippen molar-refractivity contribution in [1.82, 2.24) is 20.3 Å². The molecule has 1 saturated carbocycles. The average Bonchev–Trinajstić information content (AvgIpc) is 3.36. The van der Waals surface area contributed by atoms with Gasteiger partial charge in [0.2, 0.25) is 11.8 Å². The molecule has 1 atom stereocenters. The lowest BCUT2D eigenvalue weighted by Gasteiger charge is -2.28. The van der Waals surface area contributed by atoms with Crippen molar-refractivity contribution in [2.24, 2.45) is 0 Å². The number of hydrogen-bond donors (Lipinski definition) is 2. The minimum Gasteiger partial charge on any atom is -0.474 e. The number of ether oxygens (including phenoxy) is 1. The molecule has 2 N–H and O–H groups in total. The SMILES string of the molecule is CNC1CCC(Oc2ncnc3sc4c(c23)[C@@H](CC(=O)Nc2ccc(F)cn2)CC4)CC1. The number of fused-ring (bicyclic) bond motifs is 3. The summed E-state index contributed by atoms with van der Waals surface area (Å²) in [4.78, 5) is 27.8. The molecule has 168 valence electrons. The van der Waals surface area contributed by atoms with Crippen molar-refractivity contribution < 1.29 is 13.9 Å². The number of pyridine rings is 1. The van der Waals surface area contributed by atoms with Gasteiger partial charge in [0.25, 0.3) is 0 Å². The zero-order chi connectivity index (χ0) is 22.1. The van der Waals surface area contributed by atoms with E-state index in [0.717, 1.165) is 60.5 Å². The summed E-state index contributed by atoms with van der Waals surface area (Å²) in [5.41, 5.74) is 1.16. The number of carbonyl (C=O) groups excluding carboxylic acids is 1. The predicted octanol–water partition coefficient (Wildman–Crippen LogP) is 4.19. The Kier molecular flexibility index (Phi) is 6.01. The number of thiophene rings is 1. The fourth-order valence-electron chi connectivity index (χ4n) is 4.83. The number of nitrogens with zero attached hydrogens (tertiary/aromatic N) is 3. The molecule has 9 heteroatoms. The number of nitrogens with one attached hydrogen (secondary N) is 2. The maximum Gasteiger partial charge on any atom is 0.226 e. The molecule has 2 aliphatic carbocycles. The van der Waals surface area contributed by atoms with Crippen molar-refractivity contribution >= 4 is 33.3 Å². The molecule has 0 radical (unpaired) electrons. The van der Waals surface area contributed by atoms with Gasteiger partial charge in [-0.25, -0.2) is 19.3 Å².